The Kier molecular flexibility index (Phi) is 4.21. The third-order valence-corrected chi connectivity index (χ3v) is 4.10. The van der Waals surface area contributed by atoms with Crippen LogP contribution in [0.25, 0.3) is 11.5 Å². The molecule has 1 saturated heterocycles. The summed E-state index contributed by atoms with van der Waals surface area (Å²) in [5.41, 5.74) is 0.999. The minimum absolute atomic E-state index is 0.194. The highest BCUT2D eigenvalue weighted by Gasteiger charge is 2.18. The van der Waals surface area contributed by atoms with Crippen molar-refractivity contribution < 1.29 is 4.79 Å². The van der Waals surface area contributed by atoms with Crippen molar-refractivity contribution in [1.29, 1.82) is 0 Å². The maximum Gasteiger partial charge on any atom is 0.278 e. The van der Waals surface area contributed by atoms with Gasteiger partial charge in [-0.05, 0) is 37.6 Å². The fourth-order valence-corrected chi connectivity index (χ4v) is 2.82. The van der Waals surface area contributed by atoms with Gasteiger partial charge in [0.25, 0.3) is 5.91 Å². The van der Waals surface area contributed by atoms with Gasteiger partial charge in [0, 0.05) is 18.9 Å². The molecule has 9 heteroatoms. The van der Waals surface area contributed by atoms with Gasteiger partial charge in [-0.1, -0.05) is 6.07 Å². The van der Waals surface area contributed by atoms with Gasteiger partial charge in [0.15, 0.2) is 11.5 Å². The molecule has 0 bridgehead atoms. The first-order chi connectivity index (χ1) is 12.3. The lowest BCUT2D eigenvalue weighted by molar-refractivity contribution is 0.102. The smallest absolute Gasteiger partial charge is 0.278 e. The number of amides is 1. The highest BCUT2D eigenvalue weighted by molar-refractivity contribution is 6.01. The third kappa shape index (κ3) is 3.41. The molecular weight excluding hydrogens is 320 g/mol. The number of nitrogens with one attached hydrogen (secondary N) is 3. The zero-order chi connectivity index (χ0) is 17.1. The molecule has 25 heavy (non-hydrogen) atoms. The number of rotatable bonds is 4. The summed E-state index contributed by atoms with van der Waals surface area (Å²) in [6, 6.07) is 7.48. The van der Waals surface area contributed by atoms with E-state index in [1.165, 1.54) is 0 Å². The molecule has 1 aliphatic rings. The van der Waals surface area contributed by atoms with Crippen LogP contribution in [0.5, 0.6) is 0 Å². The van der Waals surface area contributed by atoms with E-state index in [1.807, 2.05) is 29.1 Å². The van der Waals surface area contributed by atoms with Crippen molar-refractivity contribution in [2.24, 2.45) is 0 Å². The first-order valence-corrected chi connectivity index (χ1v) is 8.20. The van der Waals surface area contributed by atoms with Crippen molar-refractivity contribution in [2.75, 3.05) is 18.4 Å². The van der Waals surface area contributed by atoms with Gasteiger partial charge in [-0.3, -0.25) is 24.9 Å². The topological polar surface area (TPSA) is 113 Å². The lowest BCUT2D eigenvalue weighted by atomic mass is 10.1. The number of anilines is 1. The Morgan fingerprint density at radius 2 is 2.28 bits per heavy atom. The Labute approximate surface area is 143 Å². The summed E-state index contributed by atoms with van der Waals surface area (Å²) in [7, 11) is 0. The van der Waals surface area contributed by atoms with Crippen LogP contribution in [0, 0.1) is 0 Å². The van der Waals surface area contributed by atoms with Crippen LogP contribution in [0.1, 0.15) is 29.4 Å². The van der Waals surface area contributed by atoms with Gasteiger partial charge >= 0.3 is 0 Å². The molecule has 4 rings (SSSR count). The normalized spacial score (nSPS) is 17.4. The molecule has 1 aliphatic heterocycles. The second-order valence-corrected chi connectivity index (χ2v) is 5.86. The zero-order valence-corrected chi connectivity index (χ0v) is 13.5. The van der Waals surface area contributed by atoms with Gasteiger partial charge < -0.3 is 5.32 Å². The number of pyridine rings is 1. The van der Waals surface area contributed by atoms with E-state index >= 15 is 0 Å². The van der Waals surface area contributed by atoms with E-state index in [1.54, 1.807) is 12.3 Å². The predicted octanol–water partition coefficient (Wildman–Crippen LogP) is 1.24. The monoisotopic (exact) mass is 338 g/mol. The number of hydrogen-bond acceptors (Lipinski definition) is 6. The Hall–Kier alpha value is -3.07. The fraction of sp³-hybridized carbons (Fsp3) is 0.312. The second kappa shape index (κ2) is 6.81. The highest BCUT2D eigenvalue weighted by Crippen LogP contribution is 2.16. The van der Waals surface area contributed by atoms with Crippen molar-refractivity contribution in [3.05, 3.63) is 42.4 Å². The molecule has 9 nitrogen and oxygen atoms in total. The van der Waals surface area contributed by atoms with Crippen LogP contribution in [-0.2, 0) is 0 Å². The third-order valence-electron chi connectivity index (χ3n) is 4.10. The number of aromatic amines is 1. The summed E-state index contributed by atoms with van der Waals surface area (Å²) in [5.74, 6) is 0.350. The molecule has 4 heterocycles. The zero-order valence-electron chi connectivity index (χ0n) is 13.5. The summed E-state index contributed by atoms with van der Waals surface area (Å²) in [6.07, 6.45) is 5.68. The van der Waals surface area contributed by atoms with Crippen molar-refractivity contribution >= 4 is 11.9 Å². The summed E-state index contributed by atoms with van der Waals surface area (Å²) in [5, 5.41) is 17.1. The van der Waals surface area contributed by atoms with Crippen LogP contribution in [-0.4, -0.2) is 48.9 Å². The Morgan fingerprint density at radius 1 is 1.32 bits per heavy atom. The molecule has 3 aromatic rings. The lowest BCUT2D eigenvalue weighted by Gasteiger charge is -2.22. The van der Waals surface area contributed by atoms with E-state index in [9.17, 15) is 4.79 Å². The first kappa shape index (κ1) is 15.5. The molecule has 0 saturated carbocycles. The predicted molar refractivity (Wildman–Crippen MR) is 90.9 cm³/mol. The maximum atomic E-state index is 12.3. The Bertz CT molecular complexity index is 850. The number of hydrogen-bond donors (Lipinski definition) is 3. The number of H-pyrrole nitrogens is 1. The minimum atomic E-state index is -0.339. The molecule has 0 spiro atoms. The average Bonchev–Trinajstić information content (AvgIpc) is 3.33. The molecule has 0 aliphatic carbocycles. The largest absolute Gasteiger partial charge is 0.315 e. The Morgan fingerprint density at radius 3 is 3.08 bits per heavy atom. The number of carbonyl (C=O) groups excluding carboxylic acids is 1. The van der Waals surface area contributed by atoms with Crippen molar-refractivity contribution in [1.82, 2.24) is 35.3 Å². The molecule has 1 atom stereocenters. The van der Waals surface area contributed by atoms with Gasteiger partial charge in [0.2, 0.25) is 5.95 Å². The van der Waals surface area contributed by atoms with Crippen LogP contribution in [0.3, 0.4) is 0 Å². The molecule has 3 aromatic heterocycles. The molecule has 0 radical (unpaired) electrons. The van der Waals surface area contributed by atoms with E-state index in [2.05, 4.69) is 35.9 Å². The van der Waals surface area contributed by atoms with E-state index in [0.29, 0.717) is 17.2 Å². The summed E-state index contributed by atoms with van der Waals surface area (Å²) < 4.78 is 1.85. The quantitative estimate of drug-likeness (QED) is 0.659. The molecular formula is C16H18N8O. The van der Waals surface area contributed by atoms with Crippen molar-refractivity contribution in [3.8, 4) is 11.5 Å². The second-order valence-electron chi connectivity index (χ2n) is 5.86. The summed E-state index contributed by atoms with van der Waals surface area (Å²) >= 11 is 0. The number of piperidine rings is 1. The molecule has 1 amide bonds. The molecule has 128 valence electrons. The highest BCUT2D eigenvalue weighted by atomic mass is 16.2. The van der Waals surface area contributed by atoms with Gasteiger partial charge in [-0.2, -0.15) is 10.1 Å². The van der Waals surface area contributed by atoms with Gasteiger partial charge in [0.1, 0.15) is 5.69 Å². The average molecular weight is 338 g/mol. The lowest BCUT2D eigenvalue weighted by Crippen LogP contribution is -2.32. The van der Waals surface area contributed by atoms with E-state index < -0.39 is 0 Å². The van der Waals surface area contributed by atoms with Gasteiger partial charge in [-0.15, -0.1) is 5.10 Å². The van der Waals surface area contributed by atoms with E-state index in [0.717, 1.165) is 25.9 Å². The Balaban J connectivity index is 1.44. The van der Waals surface area contributed by atoms with Crippen LogP contribution in [0.2, 0.25) is 0 Å². The molecule has 3 N–H and O–H groups in total. The first-order valence-electron chi connectivity index (χ1n) is 8.20. The van der Waals surface area contributed by atoms with Crippen molar-refractivity contribution in [2.45, 2.75) is 18.9 Å². The van der Waals surface area contributed by atoms with Crippen molar-refractivity contribution in [3.63, 3.8) is 0 Å². The molecule has 0 aromatic carbocycles. The van der Waals surface area contributed by atoms with Gasteiger partial charge in [-0.25, -0.2) is 0 Å². The van der Waals surface area contributed by atoms with Crippen LogP contribution >= 0.6 is 0 Å². The molecule has 1 fully saturated rings. The maximum absolute atomic E-state index is 12.3. The van der Waals surface area contributed by atoms with Crippen LogP contribution in [0.15, 0.2) is 36.7 Å². The SMILES string of the molecule is O=C(Nc1n[nH]c(-c2ccccn2)n1)c1ccn(C2CCCNC2)n1. The minimum Gasteiger partial charge on any atom is -0.315 e. The fourth-order valence-electron chi connectivity index (χ4n) is 2.82. The summed E-state index contributed by atoms with van der Waals surface area (Å²) in [4.78, 5) is 20.8. The van der Waals surface area contributed by atoms with E-state index in [4.69, 9.17) is 0 Å². The summed E-state index contributed by atoms with van der Waals surface area (Å²) in [6.45, 7) is 1.91. The number of carbonyl (C=O) groups is 1. The number of aromatic nitrogens is 6. The van der Waals surface area contributed by atoms with Crippen LogP contribution in [0.4, 0.5) is 5.95 Å². The standard InChI is InChI=1S/C16H18N8O/c25-15(13-6-9-24(23-13)11-4-3-7-17-10-11)20-16-19-14(21-22-16)12-5-1-2-8-18-12/h1-2,5-6,8-9,11,17H,3-4,7,10H2,(H2,19,20,21,22,25). The number of nitrogens with zero attached hydrogens (tertiary/aromatic N) is 5. The van der Waals surface area contributed by atoms with E-state index in [-0.39, 0.29) is 17.9 Å². The molecule has 1 unspecified atom stereocenters. The van der Waals surface area contributed by atoms with Gasteiger partial charge in [0.05, 0.1) is 6.04 Å². The van der Waals surface area contributed by atoms with Crippen LogP contribution < -0.4 is 10.6 Å².